The lowest BCUT2D eigenvalue weighted by molar-refractivity contribution is 0.0691. The lowest BCUT2D eigenvalue weighted by Crippen LogP contribution is -2.02. The summed E-state index contributed by atoms with van der Waals surface area (Å²) in [4.78, 5) is 14.9. The van der Waals surface area contributed by atoms with Gasteiger partial charge in [0.15, 0.2) is 0 Å². The number of nitrogens with zero attached hydrogens (tertiary/aromatic N) is 3. The van der Waals surface area contributed by atoms with Crippen molar-refractivity contribution in [3.63, 3.8) is 0 Å². The van der Waals surface area contributed by atoms with E-state index in [-0.39, 0.29) is 5.69 Å². The van der Waals surface area contributed by atoms with Crippen LogP contribution in [-0.4, -0.2) is 25.8 Å². The molecular weight excluding hydrogens is 249 g/mol. The largest absolute Gasteiger partial charge is 0.477 e. The van der Waals surface area contributed by atoms with Crippen molar-refractivity contribution in [3.8, 4) is 5.69 Å². The van der Waals surface area contributed by atoms with Gasteiger partial charge in [0.1, 0.15) is 5.69 Å². The van der Waals surface area contributed by atoms with Crippen molar-refractivity contribution in [1.82, 2.24) is 14.8 Å². The smallest absolute Gasteiger partial charge is 0.354 e. The van der Waals surface area contributed by atoms with Gasteiger partial charge in [-0.3, -0.25) is 0 Å². The third-order valence-electron chi connectivity index (χ3n) is 2.73. The first-order valence-electron chi connectivity index (χ1n) is 5.50. The van der Waals surface area contributed by atoms with Crippen LogP contribution in [0, 0.1) is 5.95 Å². The molecule has 0 unspecified atom stereocenters. The highest BCUT2D eigenvalue weighted by Gasteiger charge is 2.09. The van der Waals surface area contributed by atoms with Crippen LogP contribution < -0.4 is 0 Å². The van der Waals surface area contributed by atoms with Gasteiger partial charge in [-0.15, -0.1) is 5.10 Å². The molecule has 0 aliphatic heterocycles. The Labute approximate surface area is 106 Å². The van der Waals surface area contributed by atoms with E-state index in [2.05, 4.69) is 10.1 Å². The molecule has 3 aromatic rings. The highest BCUT2D eigenvalue weighted by molar-refractivity contribution is 5.92. The van der Waals surface area contributed by atoms with Gasteiger partial charge in [-0.1, -0.05) is 6.07 Å². The Morgan fingerprint density at radius 2 is 2.05 bits per heavy atom. The average molecular weight is 257 g/mol. The van der Waals surface area contributed by atoms with Crippen molar-refractivity contribution < 1.29 is 14.3 Å². The lowest BCUT2D eigenvalue weighted by Gasteiger charge is -2.06. The molecule has 19 heavy (non-hydrogen) atoms. The number of hydrogen-bond acceptors (Lipinski definition) is 3. The summed E-state index contributed by atoms with van der Waals surface area (Å²) in [6.45, 7) is 0. The van der Waals surface area contributed by atoms with Crippen molar-refractivity contribution >= 4 is 16.9 Å². The number of aromatic nitrogens is 3. The predicted molar refractivity (Wildman–Crippen MR) is 65.8 cm³/mol. The molecule has 0 atom stereocenters. The Balaban J connectivity index is 2.24. The number of fused-ring (bicyclic) bond motifs is 1. The maximum Gasteiger partial charge on any atom is 0.354 e. The molecule has 5 nitrogen and oxygen atoms in total. The molecule has 0 aliphatic carbocycles. The first kappa shape index (κ1) is 11.3. The molecule has 94 valence electrons. The van der Waals surface area contributed by atoms with E-state index < -0.39 is 11.9 Å². The summed E-state index contributed by atoms with van der Waals surface area (Å²) in [6, 6.07) is 9.48. The summed E-state index contributed by atoms with van der Waals surface area (Å²) < 4.78 is 14.3. The topological polar surface area (TPSA) is 68.0 Å². The van der Waals surface area contributed by atoms with E-state index in [1.807, 2.05) is 0 Å². The number of hydrogen-bond donors (Lipinski definition) is 1. The van der Waals surface area contributed by atoms with Crippen LogP contribution >= 0.6 is 0 Å². The molecule has 0 amide bonds. The van der Waals surface area contributed by atoms with Crippen molar-refractivity contribution in [1.29, 1.82) is 0 Å². The molecule has 2 aromatic heterocycles. The van der Waals surface area contributed by atoms with Gasteiger partial charge in [0.2, 0.25) is 5.95 Å². The van der Waals surface area contributed by atoms with Gasteiger partial charge < -0.3 is 5.11 Å². The predicted octanol–water partition coefficient (Wildman–Crippen LogP) is 2.26. The fourth-order valence-corrected chi connectivity index (χ4v) is 1.89. The second-order valence-electron chi connectivity index (χ2n) is 3.93. The minimum atomic E-state index is -1.09. The third kappa shape index (κ3) is 1.93. The van der Waals surface area contributed by atoms with Crippen LogP contribution in [-0.2, 0) is 0 Å². The van der Waals surface area contributed by atoms with Crippen LogP contribution in [0.4, 0.5) is 4.39 Å². The van der Waals surface area contributed by atoms with E-state index in [0.29, 0.717) is 16.6 Å². The van der Waals surface area contributed by atoms with E-state index in [9.17, 15) is 9.18 Å². The maximum absolute atomic E-state index is 13.0. The van der Waals surface area contributed by atoms with Crippen LogP contribution in [0.25, 0.3) is 16.6 Å². The number of carboxylic acids is 1. The van der Waals surface area contributed by atoms with Crippen molar-refractivity contribution in [2.45, 2.75) is 0 Å². The molecule has 0 spiro atoms. The number of halogens is 1. The van der Waals surface area contributed by atoms with E-state index in [4.69, 9.17) is 5.11 Å². The number of rotatable bonds is 2. The fourth-order valence-electron chi connectivity index (χ4n) is 1.89. The summed E-state index contributed by atoms with van der Waals surface area (Å²) in [5.41, 5.74) is 1.13. The third-order valence-corrected chi connectivity index (χ3v) is 2.73. The molecule has 6 heteroatoms. The van der Waals surface area contributed by atoms with Gasteiger partial charge in [-0.25, -0.2) is 14.5 Å². The fraction of sp³-hybridized carbons (Fsp3) is 0. The standard InChI is InChI=1S/C13H8FN3O2/c14-12-6-7-17(16-12)11-3-1-2-9-8(11)4-5-10(15-9)13(18)19/h1-7H,(H,18,19). The maximum atomic E-state index is 13.0. The molecule has 0 fully saturated rings. The Morgan fingerprint density at radius 1 is 1.21 bits per heavy atom. The second-order valence-corrected chi connectivity index (χ2v) is 3.93. The van der Waals surface area contributed by atoms with Crippen molar-refractivity contribution in [3.05, 3.63) is 54.2 Å². The normalized spacial score (nSPS) is 10.8. The second kappa shape index (κ2) is 4.16. The quantitative estimate of drug-likeness (QED) is 0.764. The van der Waals surface area contributed by atoms with E-state index in [1.54, 1.807) is 24.3 Å². The Morgan fingerprint density at radius 3 is 2.74 bits per heavy atom. The number of pyridine rings is 1. The first-order chi connectivity index (χ1) is 9.15. The zero-order valence-corrected chi connectivity index (χ0v) is 9.62. The average Bonchev–Trinajstić information content (AvgIpc) is 2.84. The zero-order valence-electron chi connectivity index (χ0n) is 9.62. The highest BCUT2D eigenvalue weighted by Crippen LogP contribution is 2.21. The van der Waals surface area contributed by atoms with Gasteiger partial charge in [-0.2, -0.15) is 4.39 Å². The van der Waals surface area contributed by atoms with Gasteiger partial charge in [0, 0.05) is 17.6 Å². The van der Waals surface area contributed by atoms with Gasteiger partial charge >= 0.3 is 5.97 Å². The molecule has 2 heterocycles. The summed E-state index contributed by atoms with van der Waals surface area (Å²) in [6.07, 6.45) is 1.50. The van der Waals surface area contributed by atoms with Gasteiger partial charge in [0.05, 0.1) is 11.2 Å². The first-order valence-corrected chi connectivity index (χ1v) is 5.50. The summed E-state index contributed by atoms with van der Waals surface area (Å²) >= 11 is 0. The number of benzene rings is 1. The highest BCUT2D eigenvalue weighted by atomic mass is 19.1. The lowest BCUT2D eigenvalue weighted by atomic mass is 10.1. The van der Waals surface area contributed by atoms with Crippen LogP contribution in [0.15, 0.2) is 42.6 Å². The van der Waals surface area contributed by atoms with E-state index >= 15 is 0 Å². The van der Waals surface area contributed by atoms with Gasteiger partial charge in [-0.05, 0) is 24.3 Å². The monoisotopic (exact) mass is 257 g/mol. The molecule has 0 aliphatic rings. The van der Waals surface area contributed by atoms with Crippen LogP contribution in [0.2, 0.25) is 0 Å². The minimum absolute atomic E-state index is 0.0312. The summed E-state index contributed by atoms with van der Waals surface area (Å²) in [5.74, 6) is -1.66. The molecular formula is C13H8FN3O2. The van der Waals surface area contributed by atoms with Crippen LogP contribution in [0.1, 0.15) is 10.5 Å². The number of carbonyl (C=O) groups is 1. The van der Waals surface area contributed by atoms with Crippen LogP contribution in [0.3, 0.4) is 0 Å². The molecule has 0 radical (unpaired) electrons. The Bertz CT molecular complexity index is 782. The molecule has 3 rings (SSSR count). The van der Waals surface area contributed by atoms with Crippen LogP contribution in [0.5, 0.6) is 0 Å². The SMILES string of the molecule is O=C(O)c1ccc2c(-n3ccc(F)n3)cccc2n1. The number of carboxylic acid groups (broad SMARTS) is 1. The molecule has 0 bridgehead atoms. The van der Waals surface area contributed by atoms with Crippen molar-refractivity contribution in [2.75, 3.05) is 0 Å². The van der Waals surface area contributed by atoms with E-state index in [0.717, 1.165) is 0 Å². The molecule has 0 saturated carbocycles. The summed E-state index contributed by atoms with van der Waals surface area (Å²) in [7, 11) is 0. The van der Waals surface area contributed by atoms with Crippen molar-refractivity contribution in [2.24, 2.45) is 0 Å². The molecule has 0 saturated heterocycles. The van der Waals surface area contributed by atoms with Gasteiger partial charge in [0.25, 0.3) is 0 Å². The Kier molecular flexibility index (Phi) is 2.49. The molecule has 1 N–H and O–H groups in total. The minimum Gasteiger partial charge on any atom is -0.477 e. The zero-order chi connectivity index (χ0) is 13.4. The molecule has 1 aromatic carbocycles. The van der Waals surface area contributed by atoms with E-state index in [1.165, 1.54) is 23.0 Å². The Hall–Kier alpha value is -2.76. The number of aromatic carboxylic acids is 1. The summed E-state index contributed by atoms with van der Waals surface area (Å²) in [5, 5.41) is 13.3.